The van der Waals surface area contributed by atoms with Crippen LogP contribution in [0, 0.1) is 5.82 Å². The van der Waals surface area contributed by atoms with Crippen LogP contribution < -0.4 is 10.9 Å². The smallest absolute Gasteiger partial charge is 0.255 e. The third-order valence-electron chi connectivity index (χ3n) is 3.15. The van der Waals surface area contributed by atoms with Crippen LogP contribution in [-0.2, 0) is 12.8 Å². The van der Waals surface area contributed by atoms with Crippen LogP contribution in [0.5, 0.6) is 0 Å². The summed E-state index contributed by atoms with van der Waals surface area (Å²) >= 11 is 5.70. The number of nitrogens with zero attached hydrogens (tertiary/aromatic N) is 1. The molecule has 2 aromatic rings. The van der Waals surface area contributed by atoms with E-state index in [4.69, 9.17) is 11.6 Å². The second kappa shape index (κ2) is 4.66. The lowest BCUT2D eigenvalue weighted by atomic mass is 10.2. The van der Waals surface area contributed by atoms with E-state index >= 15 is 0 Å². The van der Waals surface area contributed by atoms with E-state index in [1.807, 2.05) is 0 Å². The molecule has 6 heteroatoms. The first kappa shape index (κ1) is 12.2. The quantitative estimate of drug-likeness (QED) is 0.889. The van der Waals surface area contributed by atoms with Crippen LogP contribution in [0.4, 0.5) is 16.0 Å². The van der Waals surface area contributed by atoms with Gasteiger partial charge >= 0.3 is 0 Å². The zero-order valence-corrected chi connectivity index (χ0v) is 10.7. The molecule has 0 fully saturated rings. The standard InChI is InChI=1S/C13H11ClFN3O/c14-8-4-2-6-10(11(8)15)17-13-16-9-5-1-3-7(9)12(19)18-13/h2,4,6H,1,3,5H2,(H2,16,17,18,19). The van der Waals surface area contributed by atoms with E-state index in [2.05, 4.69) is 15.3 Å². The van der Waals surface area contributed by atoms with Gasteiger partial charge in [-0.3, -0.25) is 9.78 Å². The van der Waals surface area contributed by atoms with E-state index in [9.17, 15) is 9.18 Å². The van der Waals surface area contributed by atoms with Gasteiger partial charge in [0.15, 0.2) is 5.82 Å². The molecule has 3 rings (SSSR count). The van der Waals surface area contributed by atoms with Gasteiger partial charge in [-0.2, -0.15) is 0 Å². The largest absolute Gasteiger partial charge is 0.323 e. The van der Waals surface area contributed by atoms with Crippen LogP contribution in [0.1, 0.15) is 17.7 Å². The average Bonchev–Trinajstić information content (AvgIpc) is 2.84. The second-order valence-corrected chi connectivity index (χ2v) is 4.83. The van der Waals surface area contributed by atoms with Crippen molar-refractivity contribution < 1.29 is 4.39 Å². The van der Waals surface area contributed by atoms with Gasteiger partial charge in [0.2, 0.25) is 5.95 Å². The fraction of sp³-hybridized carbons (Fsp3) is 0.231. The van der Waals surface area contributed by atoms with Crippen molar-refractivity contribution in [1.82, 2.24) is 9.97 Å². The molecule has 1 aliphatic carbocycles. The topological polar surface area (TPSA) is 57.8 Å². The van der Waals surface area contributed by atoms with Crippen LogP contribution >= 0.6 is 11.6 Å². The number of hydrogen-bond donors (Lipinski definition) is 2. The SMILES string of the molecule is O=c1[nH]c(Nc2cccc(Cl)c2F)nc2c1CCC2. The summed E-state index contributed by atoms with van der Waals surface area (Å²) in [5.74, 6) is -0.320. The molecule has 2 N–H and O–H groups in total. The molecule has 0 spiro atoms. The van der Waals surface area contributed by atoms with E-state index in [1.54, 1.807) is 6.07 Å². The van der Waals surface area contributed by atoms with Gasteiger partial charge in [0, 0.05) is 5.56 Å². The van der Waals surface area contributed by atoms with E-state index in [0.29, 0.717) is 0 Å². The molecule has 0 radical (unpaired) electrons. The van der Waals surface area contributed by atoms with E-state index < -0.39 is 5.82 Å². The molecule has 1 aliphatic rings. The summed E-state index contributed by atoms with van der Waals surface area (Å²) in [7, 11) is 0. The Kier molecular flexibility index (Phi) is 2.98. The summed E-state index contributed by atoms with van der Waals surface area (Å²) in [6, 6.07) is 4.62. The normalized spacial score (nSPS) is 13.4. The molecule has 98 valence electrons. The molecule has 0 saturated carbocycles. The van der Waals surface area contributed by atoms with Crippen LogP contribution in [0.2, 0.25) is 5.02 Å². The maximum Gasteiger partial charge on any atom is 0.255 e. The molecule has 4 nitrogen and oxygen atoms in total. The molecule has 1 aromatic heterocycles. The molecule has 0 saturated heterocycles. The number of hydrogen-bond acceptors (Lipinski definition) is 3. The molecule has 0 bridgehead atoms. The predicted octanol–water partition coefficient (Wildman–Crippen LogP) is 2.79. The molecule has 0 amide bonds. The summed E-state index contributed by atoms with van der Waals surface area (Å²) in [5.41, 5.74) is 1.55. The van der Waals surface area contributed by atoms with Gasteiger partial charge < -0.3 is 5.32 Å². The highest BCUT2D eigenvalue weighted by atomic mass is 35.5. The van der Waals surface area contributed by atoms with Crippen molar-refractivity contribution in [3.63, 3.8) is 0 Å². The zero-order valence-electron chi connectivity index (χ0n) is 9.96. The Morgan fingerprint density at radius 2 is 2.21 bits per heavy atom. The third-order valence-corrected chi connectivity index (χ3v) is 3.44. The summed E-state index contributed by atoms with van der Waals surface area (Å²) < 4.78 is 13.7. The first-order chi connectivity index (χ1) is 9.15. The molecule has 0 atom stereocenters. The van der Waals surface area contributed by atoms with Crippen LogP contribution in [0.25, 0.3) is 0 Å². The van der Waals surface area contributed by atoms with Crippen molar-refractivity contribution in [3.8, 4) is 0 Å². The maximum absolute atomic E-state index is 13.7. The van der Waals surface area contributed by atoms with Crippen molar-refractivity contribution in [3.05, 3.63) is 50.7 Å². The van der Waals surface area contributed by atoms with E-state index in [0.717, 1.165) is 30.5 Å². The Morgan fingerprint density at radius 1 is 1.37 bits per heavy atom. The van der Waals surface area contributed by atoms with Crippen molar-refractivity contribution in [2.45, 2.75) is 19.3 Å². The number of anilines is 2. The van der Waals surface area contributed by atoms with Gasteiger partial charge in [0.25, 0.3) is 5.56 Å². The number of aromatic amines is 1. The van der Waals surface area contributed by atoms with Crippen molar-refractivity contribution in [1.29, 1.82) is 0 Å². The van der Waals surface area contributed by atoms with E-state index in [-0.39, 0.29) is 22.2 Å². The van der Waals surface area contributed by atoms with E-state index in [1.165, 1.54) is 12.1 Å². The Bertz CT molecular complexity index is 699. The lowest BCUT2D eigenvalue weighted by Crippen LogP contribution is -2.16. The molecule has 19 heavy (non-hydrogen) atoms. The highest BCUT2D eigenvalue weighted by Crippen LogP contribution is 2.24. The van der Waals surface area contributed by atoms with Crippen LogP contribution in [-0.4, -0.2) is 9.97 Å². The number of nitrogens with one attached hydrogen (secondary N) is 2. The minimum Gasteiger partial charge on any atom is -0.323 e. The second-order valence-electron chi connectivity index (χ2n) is 4.42. The predicted molar refractivity (Wildman–Crippen MR) is 71.6 cm³/mol. The Labute approximate surface area is 113 Å². The van der Waals surface area contributed by atoms with Crippen molar-refractivity contribution in [2.75, 3.05) is 5.32 Å². The monoisotopic (exact) mass is 279 g/mol. The number of H-pyrrole nitrogens is 1. The maximum atomic E-state index is 13.7. The van der Waals surface area contributed by atoms with Crippen LogP contribution in [0.15, 0.2) is 23.0 Å². The van der Waals surface area contributed by atoms with Gasteiger partial charge in [-0.25, -0.2) is 9.37 Å². The third kappa shape index (κ3) is 2.21. The fourth-order valence-electron chi connectivity index (χ4n) is 2.23. The molecule has 0 aliphatic heterocycles. The number of aryl methyl sites for hydroxylation is 1. The lowest BCUT2D eigenvalue weighted by molar-refractivity contribution is 0.632. The lowest BCUT2D eigenvalue weighted by Gasteiger charge is -2.08. The Balaban J connectivity index is 1.98. The van der Waals surface area contributed by atoms with Gasteiger partial charge in [-0.15, -0.1) is 0 Å². The minimum atomic E-state index is -0.563. The summed E-state index contributed by atoms with van der Waals surface area (Å²) in [6.45, 7) is 0. The molecule has 0 unspecified atom stereocenters. The molecule has 1 aromatic carbocycles. The summed E-state index contributed by atoms with van der Waals surface area (Å²) in [5, 5.41) is 2.78. The molecule has 1 heterocycles. The van der Waals surface area contributed by atoms with Crippen LogP contribution in [0.3, 0.4) is 0 Å². The number of aromatic nitrogens is 2. The summed E-state index contributed by atoms with van der Waals surface area (Å²) in [6.07, 6.45) is 2.47. The first-order valence-electron chi connectivity index (χ1n) is 5.98. The Hall–Kier alpha value is -1.88. The number of halogens is 2. The average molecular weight is 280 g/mol. The number of fused-ring (bicyclic) bond motifs is 1. The van der Waals surface area contributed by atoms with Gasteiger partial charge in [-0.1, -0.05) is 17.7 Å². The summed E-state index contributed by atoms with van der Waals surface area (Å²) in [4.78, 5) is 18.7. The molecular weight excluding hydrogens is 269 g/mol. The first-order valence-corrected chi connectivity index (χ1v) is 6.36. The van der Waals surface area contributed by atoms with Crippen molar-refractivity contribution in [2.24, 2.45) is 0 Å². The minimum absolute atomic E-state index is 0.0218. The van der Waals surface area contributed by atoms with Crippen molar-refractivity contribution >= 4 is 23.2 Å². The molecular formula is C13H11ClFN3O. The zero-order chi connectivity index (χ0) is 13.4. The Morgan fingerprint density at radius 3 is 3.05 bits per heavy atom. The number of rotatable bonds is 2. The number of benzene rings is 1. The van der Waals surface area contributed by atoms with Gasteiger partial charge in [0.1, 0.15) is 0 Å². The highest BCUT2D eigenvalue weighted by molar-refractivity contribution is 6.31. The van der Waals surface area contributed by atoms with Gasteiger partial charge in [0.05, 0.1) is 16.4 Å². The van der Waals surface area contributed by atoms with Gasteiger partial charge in [-0.05, 0) is 31.4 Å². The fourth-order valence-corrected chi connectivity index (χ4v) is 2.40. The highest BCUT2D eigenvalue weighted by Gasteiger charge is 2.17.